The van der Waals surface area contributed by atoms with Gasteiger partial charge in [0.15, 0.2) is 23.0 Å². The van der Waals surface area contributed by atoms with Gasteiger partial charge in [0.25, 0.3) is 5.91 Å². The molecule has 37 heavy (non-hydrogen) atoms. The van der Waals surface area contributed by atoms with E-state index >= 15 is 0 Å². The number of para-hydroxylation sites is 2. The van der Waals surface area contributed by atoms with Gasteiger partial charge < -0.3 is 19.5 Å². The van der Waals surface area contributed by atoms with Crippen LogP contribution in [0.25, 0.3) is 6.08 Å². The molecule has 7 nitrogen and oxygen atoms in total. The molecule has 3 aromatic carbocycles. The second-order valence-corrected chi connectivity index (χ2v) is 8.24. The molecular formula is C29H29FN2O5. The van der Waals surface area contributed by atoms with Crippen molar-refractivity contribution < 1.29 is 28.2 Å². The van der Waals surface area contributed by atoms with Gasteiger partial charge in [0, 0.05) is 12.1 Å². The maximum Gasteiger partial charge on any atom is 0.294 e. The molecule has 0 spiro atoms. The fourth-order valence-electron chi connectivity index (χ4n) is 3.95. The third-order valence-electron chi connectivity index (χ3n) is 5.67. The highest BCUT2D eigenvalue weighted by Crippen LogP contribution is 2.35. The summed E-state index contributed by atoms with van der Waals surface area (Å²) < 4.78 is 31.2. The number of ether oxygens (including phenoxy) is 3. The lowest BCUT2D eigenvalue weighted by molar-refractivity contribution is -0.123. The van der Waals surface area contributed by atoms with E-state index in [9.17, 15) is 14.0 Å². The van der Waals surface area contributed by atoms with Gasteiger partial charge in [0.1, 0.15) is 12.4 Å². The number of nitrogens with zero attached hydrogens (tertiary/aromatic N) is 1. The Morgan fingerprint density at radius 1 is 1.00 bits per heavy atom. The molecule has 0 radical (unpaired) electrons. The largest absolute Gasteiger partial charge is 0.490 e. The van der Waals surface area contributed by atoms with E-state index in [1.54, 1.807) is 42.5 Å². The zero-order valence-electron chi connectivity index (χ0n) is 20.8. The first-order valence-corrected chi connectivity index (χ1v) is 12.2. The Balaban J connectivity index is 1.44. The zero-order valence-corrected chi connectivity index (χ0v) is 20.8. The summed E-state index contributed by atoms with van der Waals surface area (Å²) in [5.41, 5.74) is 1.67. The SMILES string of the molecule is CCOc1ccc(CCNC(=O)CN2C(=O)C(=Cc3ccccc3F)Oc3ccccc32)cc1OCC. The van der Waals surface area contributed by atoms with Crippen LogP contribution in [0, 0.1) is 5.82 Å². The summed E-state index contributed by atoms with van der Waals surface area (Å²) in [6, 6.07) is 18.7. The van der Waals surface area contributed by atoms with E-state index in [0.717, 1.165) is 5.56 Å². The number of amides is 2. The smallest absolute Gasteiger partial charge is 0.294 e. The quantitative estimate of drug-likeness (QED) is 0.404. The van der Waals surface area contributed by atoms with Crippen LogP contribution in [0.15, 0.2) is 72.5 Å². The van der Waals surface area contributed by atoms with Gasteiger partial charge in [0.05, 0.1) is 18.9 Å². The highest BCUT2D eigenvalue weighted by atomic mass is 19.1. The standard InChI is InChI=1S/C29H29FN2O5/c1-3-35-25-14-13-20(17-26(25)36-4-2)15-16-31-28(33)19-32-23-11-7-8-12-24(23)37-27(29(32)34)18-21-9-5-6-10-22(21)30/h5-14,17-18H,3-4,15-16,19H2,1-2H3,(H,31,33). The molecule has 0 saturated carbocycles. The van der Waals surface area contributed by atoms with Gasteiger partial charge in [-0.25, -0.2) is 4.39 Å². The Morgan fingerprint density at radius 2 is 1.73 bits per heavy atom. The number of benzene rings is 3. The van der Waals surface area contributed by atoms with Crippen LogP contribution in [0.1, 0.15) is 25.0 Å². The summed E-state index contributed by atoms with van der Waals surface area (Å²) in [6.45, 7) is 5.04. The van der Waals surface area contributed by atoms with Gasteiger partial charge in [-0.05, 0) is 62.2 Å². The fourth-order valence-corrected chi connectivity index (χ4v) is 3.95. The number of carbonyl (C=O) groups excluding carboxylic acids is 2. The van der Waals surface area contributed by atoms with Gasteiger partial charge in [-0.15, -0.1) is 0 Å². The number of hydrogen-bond acceptors (Lipinski definition) is 5. The van der Waals surface area contributed by atoms with Crippen molar-refractivity contribution in [3.05, 3.63) is 89.4 Å². The molecule has 0 atom stereocenters. The van der Waals surface area contributed by atoms with Crippen LogP contribution in [0.3, 0.4) is 0 Å². The first-order valence-electron chi connectivity index (χ1n) is 12.2. The van der Waals surface area contributed by atoms with Crippen LogP contribution in [-0.2, 0) is 16.0 Å². The van der Waals surface area contributed by atoms with E-state index in [1.807, 2.05) is 32.0 Å². The van der Waals surface area contributed by atoms with Gasteiger partial charge >= 0.3 is 0 Å². The van der Waals surface area contributed by atoms with Crippen molar-refractivity contribution in [1.82, 2.24) is 5.32 Å². The first-order chi connectivity index (χ1) is 18.0. The topological polar surface area (TPSA) is 77.1 Å². The predicted molar refractivity (Wildman–Crippen MR) is 139 cm³/mol. The molecule has 1 aliphatic heterocycles. The molecule has 1 heterocycles. The second-order valence-electron chi connectivity index (χ2n) is 8.24. The first kappa shape index (κ1) is 25.8. The number of hydrogen-bond donors (Lipinski definition) is 1. The summed E-state index contributed by atoms with van der Waals surface area (Å²) in [6.07, 6.45) is 1.92. The predicted octanol–water partition coefficient (Wildman–Crippen LogP) is 4.75. The monoisotopic (exact) mass is 504 g/mol. The normalized spacial score (nSPS) is 13.6. The van der Waals surface area contributed by atoms with Crippen molar-refractivity contribution in [3.63, 3.8) is 0 Å². The number of carbonyl (C=O) groups is 2. The fraction of sp³-hybridized carbons (Fsp3) is 0.241. The van der Waals surface area contributed by atoms with Crippen LogP contribution in [0.5, 0.6) is 17.2 Å². The summed E-state index contributed by atoms with van der Waals surface area (Å²) >= 11 is 0. The lowest BCUT2D eigenvalue weighted by atomic mass is 10.1. The van der Waals surface area contributed by atoms with Crippen molar-refractivity contribution >= 4 is 23.6 Å². The number of nitrogens with one attached hydrogen (secondary N) is 1. The second kappa shape index (κ2) is 12.1. The summed E-state index contributed by atoms with van der Waals surface area (Å²) in [5.74, 6) is 0.371. The van der Waals surface area contributed by atoms with Crippen molar-refractivity contribution in [2.75, 3.05) is 31.2 Å². The number of halogens is 1. The minimum Gasteiger partial charge on any atom is -0.490 e. The minimum atomic E-state index is -0.523. The van der Waals surface area contributed by atoms with Gasteiger partial charge in [-0.1, -0.05) is 36.4 Å². The number of rotatable bonds is 10. The molecule has 192 valence electrons. The molecule has 0 fully saturated rings. The van der Waals surface area contributed by atoms with Crippen molar-refractivity contribution in [2.45, 2.75) is 20.3 Å². The van der Waals surface area contributed by atoms with E-state index < -0.39 is 11.7 Å². The molecule has 2 amide bonds. The van der Waals surface area contributed by atoms with Gasteiger partial charge in [-0.2, -0.15) is 0 Å². The maximum atomic E-state index is 14.2. The molecule has 0 unspecified atom stereocenters. The molecule has 8 heteroatoms. The average Bonchev–Trinajstić information content (AvgIpc) is 2.89. The van der Waals surface area contributed by atoms with E-state index in [2.05, 4.69) is 5.32 Å². The summed E-state index contributed by atoms with van der Waals surface area (Å²) in [4.78, 5) is 27.4. The minimum absolute atomic E-state index is 0.0607. The zero-order chi connectivity index (χ0) is 26.2. The molecule has 4 rings (SSSR count). The Kier molecular flexibility index (Phi) is 8.40. The highest BCUT2D eigenvalue weighted by molar-refractivity contribution is 6.12. The van der Waals surface area contributed by atoms with E-state index in [4.69, 9.17) is 14.2 Å². The Bertz CT molecular complexity index is 1310. The molecular weight excluding hydrogens is 475 g/mol. The lowest BCUT2D eigenvalue weighted by Gasteiger charge is -2.30. The average molecular weight is 505 g/mol. The van der Waals surface area contributed by atoms with Crippen LogP contribution < -0.4 is 24.4 Å². The molecule has 0 bridgehead atoms. The number of fused-ring (bicyclic) bond motifs is 1. The molecule has 0 aliphatic carbocycles. The summed E-state index contributed by atoms with van der Waals surface area (Å²) in [5, 5.41) is 2.87. The molecule has 0 saturated heterocycles. The van der Waals surface area contributed by atoms with E-state index in [1.165, 1.54) is 17.0 Å². The number of anilines is 1. The highest BCUT2D eigenvalue weighted by Gasteiger charge is 2.31. The molecule has 0 aromatic heterocycles. The van der Waals surface area contributed by atoms with Crippen molar-refractivity contribution in [2.24, 2.45) is 0 Å². The van der Waals surface area contributed by atoms with Gasteiger partial charge in [0.2, 0.25) is 5.91 Å². The molecule has 1 aliphatic rings. The Labute approximate surface area is 215 Å². The third kappa shape index (κ3) is 6.27. The van der Waals surface area contributed by atoms with Crippen LogP contribution >= 0.6 is 0 Å². The lowest BCUT2D eigenvalue weighted by Crippen LogP contribution is -2.44. The van der Waals surface area contributed by atoms with Crippen LogP contribution in [0.4, 0.5) is 10.1 Å². The molecule has 3 aromatic rings. The van der Waals surface area contributed by atoms with E-state index in [0.29, 0.717) is 49.1 Å². The van der Waals surface area contributed by atoms with Crippen LogP contribution in [-0.4, -0.2) is 38.1 Å². The Morgan fingerprint density at radius 3 is 2.51 bits per heavy atom. The van der Waals surface area contributed by atoms with Crippen molar-refractivity contribution in [1.29, 1.82) is 0 Å². The molecule has 1 N–H and O–H groups in total. The third-order valence-corrected chi connectivity index (χ3v) is 5.67. The van der Waals surface area contributed by atoms with Gasteiger partial charge in [-0.3, -0.25) is 14.5 Å². The summed E-state index contributed by atoms with van der Waals surface area (Å²) in [7, 11) is 0. The van der Waals surface area contributed by atoms with E-state index in [-0.39, 0.29) is 23.8 Å². The van der Waals surface area contributed by atoms with Crippen LogP contribution in [0.2, 0.25) is 0 Å². The van der Waals surface area contributed by atoms with Crippen molar-refractivity contribution in [3.8, 4) is 17.2 Å². The maximum absolute atomic E-state index is 14.2. The Hall–Kier alpha value is -4.33.